The summed E-state index contributed by atoms with van der Waals surface area (Å²) in [4.78, 5) is 34.4. The molecule has 0 saturated carbocycles. The number of likely N-dealkylation sites (tertiary alicyclic amines) is 1. The van der Waals surface area contributed by atoms with Crippen LogP contribution < -0.4 is 5.32 Å². The maximum atomic E-state index is 12.9. The van der Waals surface area contributed by atoms with Crippen molar-refractivity contribution < 1.29 is 9.59 Å². The number of piperidine rings is 1. The zero-order chi connectivity index (χ0) is 18.6. The molecule has 2 aromatic heterocycles. The van der Waals surface area contributed by atoms with Crippen LogP contribution in [-0.4, -0.2) is 39.8 Å². The molecule has 6 nitrogen and oxygen atoms in total. The fourth-order valence-corrected chi connectivity index (χ4v) is 3.57. The highest BCUT2D eigenvalue weighted by molar-refractivity contribution is 5.98. The monoisotopic (exact) mass is 362 g/mol. The summed E-state index contributed by atoms with van der Waals surface area (Å²) in [6.07, 6.45) is 5.08. The number of para-hydroxylation sites is 1. The summed E-state index contributed by atoms with van der Waals surface area (Å²) >= 11 is 0. The predicted octanol–water partition coefficient (Wildman–Crippen LogP) is 2.73. The highest BCUT2D eigenvalue weighted by Gasteiger charge is 2.29. The maximum absolute atomic E-state index is 12.9. The van der Waals surface area contributed by atoms with Crippen LogP contribution in [0.4, 0.5) is 0 Å². The molecule has 0 spiro atoms. The molecular weight excluding hydrogens is 340 g/mol. The molecule has 0 aliphatic carbocycles. The van der Waals surface area contributed by atoms with Crippen molar-refractivity contribution in [1.82, 2.24) is 20.2 Å². The Morgan fingerprint density at radius 3 is 2.93 bits per heavy atom. The number of amides is 2. The molecule has 1 aliphatic heterocycles. The molecular formula is C21H22N4O2. The van der Waals surface area contributed by atoms with Crippen LogP contribution in [0.15, 0.2) is 54.9 Å². The van der Waals surface area contributed by atoms with Gasteiger partial charge in [0.1, 0.15) is 5.69 Å². The van der Waals surface area contributed by atoms with Crippen LogP contribution in [0.3, 0.4) is 0 Å². The molecule has 1 aliphatic rings. The molecule has 6 heteroatoms. The highest BCUT2D eigenvalue weighted by atomic mass is 16.2. The molecule has 2 amide bonds. The highest BCUT2D eigenvalue weighted by Crippen LogP contribution is 2.21. The molecule has 3 aromatic rings. The molecule has 138 valence electrons. The minimum Gasteiger partial charge on any atom is -0.352 e. The summed E-state index contributed by atoms with van der Waals surface area (Å²) in [6, 6.07) is 13.5. The molecule has 1 unspecified atom stereocenters. The van der Waals surface area contributed by atoms with Gasteiger partial charge in [-0.15, -0.1) is 0 Å². The van der Waals surface area contributed by atoms with Crippen molar-refractivity contribution in [3.05, 3.63) is 66.1 Å². The summed E-state index contributed by atoms with van der Waals surface area (Å²) in [7, 11) is 0. The van der Waals surface area contributed by atoms with Crippen molar-refractivity contribution in [3.63, 3.8) is 0 Å². The van der Waals surface area contributed by atoms with E-state index in [2.05, 4.69) is 15.3 Å². The van der Waals surface area contributed by atoms with Gasteiger partial charge in [-0.05, 0) is 36.6 Å². The minimum atomic E-state index is -0.177. The summed E-state index contributed by atoms with van der Waals surface area (Å²) in [5.74, 6) is -0.229. The smallest absolute Gasteiger partial charge is 0.270 e. The lowest BCUT2D eigenvalue weighted by molar-refractivity contribution is -0.126. The van der Waals surface area contributed by atoms with Gasteiger partial charge in [0, 0.05) is 42.9 Å². The van der Waals surface area contributed by atoms with Crippen molar-refractivity contribution in [2.24, 2.45) is 5.92 Å². The number of pyridine rings is 1. The van der Waals surface area contributed by atoms with E-state index in [-0.39, 0.29) is 17.7 Å². The second-order valence-electron chi connectivity index (χ2n) is 6.94. The van der Waals surface area contributed by atoms with Crippen molar-refractivity contribution in [2.75, 3.05) is 13.1 Å². The Balaban J connectivity index is 1.39. The van der Waals surface area contributed by atoms with Gasteiger partial charge >= 0.3 is 0 Å². The molecule has 0 radical (unpaired) electrons. The van der Waals surface area contributed by atoms with Gasteiger partial charge in [-0.3, -0.25) is 14.6 Å². The number of hydrogen-bond acceptors (Lipinski definition) is 3. The number of fused-ring (bicyclic) bond motifs is 1. The predicted molar refractivity (Wildman–Crippen MR) is 103 cm³/mol. The van der Waals surface area contributed by atoms with E-state index in [4.69, 9.17) is 0 Å². The lowest BCUT2D eigenvalue weighted by Crippen LogP contribution is -2.45. The van der Waals surface area contributed by atoms with Gasteiger partial charge in [0.05, 0.1) is 5.92 Å². The number of aromatic amines is 1. The van der Waals surface area contributed by atoms with Crippen molar-refractivity contribution >= 4 is 22.7 Å². The first-order valence-electron chi connectivity index (χ1n) is 9.24. The maximum Gasteiger partial charge on any atom is 0.270 e. The zero-order valence-corrected chi connectivity index (χ0v) is 15.0. The van der Waals surface area contributed by atoms with Crippen LogP contribution in [0.5, 0.6) is 0 Å². The summed E-state index contributed by atoms with van der Waals surface area (Å²) in [5, 5.41) is 3.98. The van der Waals surface area contributed by atoms with Gasteiger partial charge in [0.15, 0.2) is 0 Å². The van der Waals surface area contributed by atoms with E-state index < -0.39 is 0 Å². The third-order valence-electron chi connectivity index (χ3n) is 5.03. The second-order valence-corrected chi connectivity index (χ2v) is 6.94. The number of rotatable bonds is 4. The van der Waals surface area contributed by atoms with Crippen LogP contribution in [0.1, 0.15) is 28.9 Å². The Hall–Kier alpha value is -3.15. The normalized spacial score (nSPS) is 17.0. The first-order valence-corrected chi connectivity index (χ1v) is 9.24. The molecule has 3 heterocycles. The molecule has 1 aromatic carbocycles. The van der Waals surface area contributed by atoms with E-state index in [1.165, 1.54) is 0 Å². The van der Waals surface area contributed by atoms with Crippen molar-refractivity contribution in [2.45, 2.75) is 19.4 Å². The molecule has 1 atom stereocenters. The lowest BCUT2D eigenvalue weighted by Gasteiger charge is -2.31. The van der Waals surface area contributed by atoms with Crippen LogP contribution in [-0.2, 0) is 11.3 Å². The number of H-pyrrole nitrogens is 1. The Morgan fingerprint density at radius 1 is 1.22 bits per heavy atom. The average molecular weight is 362 g/mol. The van der Waals surface area contributed by atoms with E-state index in [1.54, 1.807) is 17.3 Å². The molecule has 2 N–H and O–H groups in total. The largest absolute Gasteiger partial charge is 0.352 e. The number of nitrogens with one attached hydrogen (secondary N) is 2. The first kappa shape index (κ1) is 17.3. The molecule has 1 fully saturated rings. The zero-order valence-electron chi connectivity index (χ0n) is 15.0. The summed E-state index contributed by atoms with van der Waals surface area (Å²) < 4.78 is 0. The van der Waals surface area contributed by atoms with Crippen LogP contribution >= 0.6 is 0 Å². The van der Waals surface area contributed by atoms with Crippen LogP contribution in [0, 0.1) is 5.92 Å². The summed E-state index contributed by atoms with van der Waals surface area (Å²) in [6.45, 7) is 1.59. The van der Waals surface area contributed by atoms with Crippen molar-refractivity contribution in [1.29, 1.82) is 0 Å². The molecule has 4 rings (SSSR count). The van der Waals surface area contributed by atoms with Gasteiger partial charge < -0.3 is 15.2 Å². The van der Waals surface area contributed by atoms with Crippen LogP contribution in [0.2, 0.25) is 0 Å². The topological polar surface area (TPSA) is 78.1 Å². The molecule has 27 heavy (non-hydrogen) atoms. The fraction of sp³-hybridized carbons (Fsp3) is 0.286. The third-order valence-corrected chi connectivity index (χ3v) is 5.03. The minimum absolute atomic E-state index is 0.00648. The molecule has 1 saturated heterocycles. The third kappa shape index (κ3) is 3.84. The quantitative estimate of drug-likeness (QED) is 0.749. The Bertz CT molecular complexity index is 918. The van der Waals surface area contributed by atoms with Gasteiger partial charge in [-0.1, -0.05) is 24.3 Å². The Labute approximate surface area is 157 Å². The van der Waals surface area contributed by atoms with E-state index in [0.717, 1.165) is 29.3 Å². The fourth-order valence-electron chi connectivity index (χ4n) is 3.57. The van der Waals surface area contributed by atoms with Gasteiger partial charge in [-0.25, -0.2) is 0 Å². The van der Waals surface area contributed by atoms with E-state index in [0.29, 0.717) is 25.3 Å². The van der Waals surface area contributed by atoms with E-state index in [1.807, 2.05) is 42.5 Å². The SMILES string of the molecule is O=C(NCc1cccnc1)C1CCCN(C(=O)c2cc3ccccc3[nH]2)C1. The number of benzene rings is 1. The number of hydrogen-bond donors (Lipinski definition) is 2. The lowest BCUT2D eigenvalue weighted by atomic mass is 9.96. The van der Waals surface area contributed by atoms with Gasteiger partial charge in [-0.2, -0.15) is 0 Å². The molecule has 0 bridgehead atoms. The number of carbonyl (C=O) groups is 2. The standard InChI is InChI=1S/C21H22N4O2/c26-20(23-13-15-5-3-9-22-12-15)17-7-4-10-25(14-17)21(27)19-11-16-6-1-2-8-18(16)24-19/h1-3,5-6,8-9,11-12,17,24H,4,7,10,13-14H2,(H,23,26). The van der Waals surface area contributed by atoms with Gasteiger partial charge in [0.2, 0.25) is 5.91 Å². The Morgan fingerprint density at radius 2 is 2.11 bits per heavy atom. The van der Waals surface area contributed by atoms with E-state index in [9.17, 15) is 9.59 Å². The number of nitrogens with zero attached hydrogens (tertiary/aromatic N) is 2. The van der Waals surface area contributed by atoms with Crippen molar-refractivity contribution in [3.8, 4) is 0 Å². The number of carbonyl (C=O) groups excluding carboxylic acids is 2. The van der Waals surface area contributed by atoms with Crippen LogP contribution in [0.25, 0.3) is 10.9 Å². The summed E-state index contributed by atoms with van der Waals surface area (Å²) in [5.41, 5.74) is 2.49. The second kappa shape index (κ2) is 7.61. The van der Waals surface area contributed by atoms with E-state index >= 15 is 0 Å². The average Bonchev–Trinajstić information content (AvgIpc) is 3.16. The first-order chi connectivity index (χ1) is 13.2. The number of aromatic nitrogens is 2. The van der Waals surface area contributed by atoms with Gasteiger partial charge in [0.25, 0.3) is 5.91 Å². The Kier molecular flexibility index (Phi) is 4.87.